The van der Waals surface area contributed by atoms with E-state index in [2.05, 4.69) is 5.32 Å². The molecule has 0 unspecified atom stereocenters. The lowest BCUT2D eigenvalue weighted by Crippen LogP contribution is -2.13. The molecule has 3 aromatic carbocycles. The molecule has 3 rings (SSSR count). The second-order valence-electron chi connectivity index (χ2n) is 6.80. The van der Waals surface area contributed by atoms with Gasteiger partial charge in [-0.3, -0.25) is 4.79 Å². The summed E-state index contributed by atoms with van der Waals surface area (Å²) < 4.78 is 10.8. The molecule has 0 aliphatic rings. The Morgan fingerprint density at radius 2 is 1.78 bits per heavy atom. The molecule has 6 nitrogen and oxygen atoms in total. The van der Waals surface area contributed by atoms with Crippen LogP contribution in [0.15, 0.2) is 72.3 Å². The van der Waals surface area contributed by atoms with Crippen LogP contribution in [0, 0.1) is 18.3 Å². The van der Waals surface area contributed by atoms with E-state index < -0.39 is 11.9 Å². The van der Waals surface area contributed by atoms with Gasteiger partial charge in [-0.05, 0) is 61.0 Å². The first-order valence-corrected chi connectivity index (χ1v) is 9.93. The molecule has 0 radical (unpaired) electrons. The van der Waals surface area contributed by atoms with E-state index >= 15 is 0 Å². The Balaban J connectivity index is 1.84. The fourth-order valence-corrected chi connectivity index (χ4v) is 2.98. The van der Waals surface area contributed by atoms with Crippen molar-refractivity contribution in [3.63, 3.8) is 0 Å². The van der Waals surface area contributed by atoms with Gasteiger partial charge in [-0.1, -0.05) is 41.4 Å². The van der Waals surface area contributed by atoms with Gasteiger partial charge in [0.25, 0.3) is 5.91 Å². The lowest BCUT2D eigenvalue weighted by atomic mass is 10.1. The van der Waals surface area contributed by atoms with Gasteiger partial charge in [0, 0.05) is 10.7 Å². The number of amides is 1. The highest BCUT2D eigenvalue weighted by Crippen LogP contribution is 2.30. The normalized spacial score (nSPS) is 10.8. The van der Waals surface area contributed by atoms with Crippen molar-refractivity contribution in [3.05, 3.63) is 94.0 Å². The number of carbonyl (C=O) groups is 2. The molecule has 32 heavy (non-hydrogen) atoms. The molecule has 3 aromatic rings. The first kappa shape index (κ1) is 22.6. The molecule has 0 aliphatic carbocycles. The summed E-state index contributed by atoms with van der Waals surface area (Å²) in [5, 5.41) is 12.5. The predicted molar refractivity (Wildman–Crippen MR) is 123 cm³/mol. The van der Waals surface area contributed by atoms with Gasteiger partial charge in [0.1, 0.15) is 11.6 Å². The molecule has 0 atom stereocenters. The SMILES string of the molecule is COc1ccc(/C=C(\C#N)C(=O)Nc2cccc(Cl)c2)cc1OC(=O)c1ccc(C)cc1. The Morgan fingerprint density at radius 3 is 2.44 bits per heavy atom. The van der Waals surface area contributed by atoms with Crippen LogP contribution in [-0.4, -0.2) is 19.0 Å². The smallest absolute Gasteiger partial charge is 0.343 e. The number of ether oxygens (including phenoxy) is 2. The van der Waals surface area contributed by atoms with Crippen molar-refractivity contribution >= 4 is 35.2 Å². The molecular weight excluding hydrogens is 428 g/mol. The Hall–Kier alpha value is -4.08. The minimum atomic E-state index is -0.594. The van der Waals surface area contributed by atoms with E-state index in [9.17, 15) is 14.9 Å². The summed E-state index contributed by atoms with van der Waals surface area (Å²) in [5.41, 5.74) is 2.22. The number of hydrogen-bond acceptors (Lipinski definition) is 5. The molecule has 160 valence electrons. The molecule has 0 aliphatic heterocycles. The van der Waals surface area contributed by atoms with E-state index in [4.69, 9.17) is 21.1 Å². The van der Waals surface area contributed by atoms with Gasteiger partial charge >= 0.3 is 5.97 Å². The summed E-state index contributed by atoms with van der Waals surface area (Å²) in [7, 11) is 1.45. The lowest BCUT2D eigenvalue weighted by Gasteiger charge is -2.10. The van der Waals surface area contributed by atoms with Crippen LogP contribution in [-0.2, 0) is 4.79 Å². The van der Waals surface area contributed by atoms with Crippen LogP contribution in [0.5, 0.6) is 11.5 Å². The highest BCUT2D eigenvalue weighted by Gasteiger charge is 2.15. The first-order chi connectivity index (χ1) is 15.4. The number of nitrogens with one attached hydrogen (secondary N) is 1. The molecule has 0 aromatic heterocycles. The lowest BCUT2D eigenvalue weighted by molar-refractivity contribution is -0.112. The molecule has 0 bridgehead atoms. The number of anilines is 1. The van der Waals surface area contributed by atoms with Crippen molar-refractivity contribution in [1.29, 1.82) is 5.26 Å². The average molecular weight is 447 g/mol. The summed E-state index contributed by atoms with van der Waals surface area (Å²) in [6.07, 6.45) is 1.39. The van der Waals surface area contributed by atoms with Gasteiger partial charge in [-0.2, -0.15) is 5.26 Å². The van der Waals surface area contributed by atoms with E-state index in [0.29, 0.717) is 27.6 Å². The van der Waals surface area contributed by atoms with Gasteiger partial charge < -0.3 is 14.8 Å². The topological polar surface area (TPSA) is 88.4 Å². The van der Waals surface area contributed by atoms with Gasteiger partial charge in [0.2, 0.25) is 0 Å². The van der Waals surface area contributed by atoms with Crippen LogP contribution in [0.25, 0.3) is 6.08 Å². The molecule has 0 saturated carbocycles. The third-order valence-corrected chi connectivity index (χ3v) is 4.67. The number of esters is 1. The first-order valence-electron chi connectivity index (χ1n) is 9.55. The maximum Gasteiger partial charge on any atom is 0.343 e. The number of methoxy groups -OCH3 is 1. The van der Waals surface area contributed by atoms with Crippen LogP contribution < -0.4 is 14.8 Å². The standard InChI is InChI=1S/C25H19ClN2O4/c1-16-6-9-18(10-7-16)25(30)32-23-13-17(8-11-22(23)31-2)12-19(15-27)24(29)28-21-5-3-4-20(26)14-21/h3-14H,1-2H3,(H,28,29)/b19-12+. The highest BCUT2D eigenvalue weighted by molar-refractivity contribution is 6.31. The Labute approximate surface area is 190 Å². The number of nitriles is 1. The van der Waals surface area contributed by atoms with E-state index in [0.717, 1.165) is 5.56 Å². The molecule has 0 spiro atoms. The average Bonchev–Trinajstić information content (AvgIpc) is 2.78. The van der Waals surface area contributed by atoms with E-state index in [-0.39, 0.29) is 11.3 Å². The zero-order valence-electron chi connectivity index (χ0n) is 17.4. The van der Waals surface area contributed by atoms with Crippen LogP contribution in [0.1, 0.15) is 21.5 Å². The number of aryl methyl sites for hydroxylation is 1. The number of rotatable bonds is 6. The quantitative estimate of drug-likeness (QED) is 0.236. The second-order valence-corrected chi connectivity index (χ2v) is 7.24. The Morgan fingerprint density at radius 1 is 1.03 bits per heavy atom. The van der Waals surface area contributed by atoms with E-state index in [1.807, 2.05) is 25.1 Å². The van der Waals surface area contributed by atoms with Crippen molar-refractivity contribution in [2.24, 2.45) is 0 Å². The van der Waals surface area contributed by atoms with Crippen LogP contribution >= 0.6 is 11.6 Å². The van der Waals surface area contributed by atoms with Crippen LogP contribution in [0.2, 0.25) is 5.02 Å². The Bertz CT molecular complexity index is 1230. The third kappa shape index (κ3) is 5.75. The summed E-state index contributed by atoms with van der Waals surface area (Å²) in [6, 6.07) is 20.2. The fourth-order valence-electron chi connectivity index (χ4n) is 2.79. The maximum absolute atomic E-state index is 12.5. The number of hydrogen-bond donors (Lipinski definition) is 1. The summed E-state index contributed by atoms with van der Waals surface area (Å²) in [4.78, 5) is 25.0. The van der Waals surface area contributed by atoms with Crippen molar-refractivity contribution < 1.29 is 19.1 Å². The van der Waals surface area contributed by atoms with Crippen molar-refractivity contribution in [3.8, 4) is 17.6 Å². The highest BCUT2D eigenvalue weighted by atomic mass is 35.5. The molecule has 0 saturated heterocycles. The summed E-state index contributed by atoms with van der Waals surface area (Å²) >= 11 is 5.93. The third-order valence-electron chi connectivity index (χ3n) is 4.44. The summed E-state index contributed by atoms with van der Waals surface area (Å²) in [6.45, 7) is 1.92. The molecule has 7 heteroatoms. The molecule has 0 heterocycles. The van der Waals surface area contributed by atoms with Gasteiger partial charge in [0.05, 0.1) is 12.7 Å². The molecule has 0 fully saturated rings. The van der Waals surface area contributed by atoms with Gasteiger partial charge in [-0.25, -0.2) is 4.79 Å². The van der Waals surface area contributed by atoms with Crippen LogP contribution in [0.4, 0.5) is 5.69 Å². The molecular formula is C25H19ClN2O4. The van der Waals surface area contributed by atoms with Crippen molar-refractivity contribution in [2.75, 3.05) is 12.4 Å². The van der Waals surface area contributed by atoms with Crippen LogP contribution in [0.3, 0.4) is 0 Å². The van der Waals surface area contributed by atoms with Gasteiger partial charge in [0.15, 0.2) is 11.5 Å². The van der Waals surface area contributed by atoms with E-state index in [1.54, 1.807) is 48.5 Å². The fraction of sp³-hybridized carbons (Fsp3) is 0.0800. The minimum absolute atomic E-state index is 0.133. The zero-order valence-corrected chi connectivity index (χ0v) is 18.1. The summed E-state index contributed by atoms with van der Waals surface area (Å²) in [5.74, 6) is -0.642. The van der Waals surface area contributed by atoms with Crippen molar-refractivity contribution in [2.45, 2.75) is 6.92 Å². The van der Waals surface area contributed by atoms with Gasteiger partial charge in [-0.15, -0.1) is 0 Å². The molecule has 1 amide bonds. The maximum atomic E-state index is 12.5. The molecule has 1 N–H and O–H groups in total. The van der Waals surface area contributed by atoms with E-state index in [1.165, 1.54) is 19.3 Å². The van der Waals surface area contributed by atoms with Crippen molar-refractivity contribution in [1.82, 2.24) is 0 Å². The number of carbonyl (C=O) groups excluding carboxylic acids is 2. The minimum Gasteiger partial charge on any atom is -0.493 e. The number of benzene rings is 3. The number of nitrogens with zero attached hydrogens (tertiary/aromatic N) is 1. The Kier molecular flexibility index (Phi) is 7.27. The predicted octanol–water partition coefficient (Wildman–Crippen LogP) is 5.42. The number of halogens is 1. The monoisotopic (exact) mass is 446 g/mol. The second kappa shape index (κ2) is 10.3. The largest absolute Gasteiger partial charge is 0.493 e. The zero-order chi connectivity index (χ0) is 23.1.